The van der Waals surface area contributed by atoms with Gasteiger partial charge in [0, 0.05) is 18.1 Å². The number of amides is 1. The summed E-state index contributed by atoms with van der Waals surface area (Å²) in [6.07, 6.45) is 3.28. The molecule has 136 valence electrons. The number of carbonyl (C=O) groups is 1. The average Bonchev–Trinajstić information content (AvgIpc) is 2.88. The summed E-state index contributed by atoms with van der Waals surface area (Å²) in [5.41, 5.74) is 0.747. The first kappa shape index (κ1) is 18.4. The van der Waals surface area contributed by atoms with Gasteiger partial charge in [0.1, 0.15) is 6.54 Å². The molecule has 0 atom stereocenters. The molecule has 0 unspecified atom stereocenters. The summed E-state index contributed by atoms with van der Waals surface area (Å²) < 4.78 is 2.41. The van der Waals surface area contributed by atoms with E-state index in [2.05, 4.69) is 19.0 Å². The van der Waals surface area contributed by atoms with Gasteiger partial charge in [-0.05, 0) is 64.0 Å². The third-order valence-electron chi connectivity index (χ3n) is 4.87. The summed E-state index contributed by atoms with van der Waals surface area (Å²) in [5, 5.41) is 0.577. The largest absolute Gasteiger partial charge is 0.341 e. The van der Waals surface area contributed by atoms with Crippen LogP contribution in [0.4, 0.5) is 0 Å². The number of rotatable bonds is 5. The van der Waals surface area contributed by atoms with Crippen LogP contribution in [-0.4, -0.2) is 54.0 Å². The van der Waals surface area contributed by atoms with Gasteiger partial charge >= 0.3 is 4.87 Å². The Morgan fingerprint density at radius 2 is 2.04 bits per heavy atom. The van der Waals surface area contributed by atoms with E-state index in [9.17, 15) is 9.59 Å². The van der Waals surface area contributed by atoms with Gasteiger partial charge in [0.15, 0.2) is 0 Å². The first-order valence-electron chi connectivity index (χ1n) is 8.65. The maximum atomic E-state index is 12.6. The Balaban J connectivity index is 1.63. The number of hydrogen-bond acceptors (Lipinski definition) is 4. The molecule has 1 fully saturated rings. The molecule has 0 N–H and O–H groups in total. The number of carbonyl (C=O) groups excluding carboxylic acids is 1. The molecule has 2 aromatic rings. The molecule has 3 rings (SSSR count). The fourth-order valence-corrected chi connectivity index (χ4v) is 4.37. The maximum absolute atomic E-state index is 12.6. The second kappa shape index (κ2) is 7.89. The summed E-state index contributed by atoms with van der Waals surface area (Å²) in [5.74, 6) is 0.711. The molecule has 1 aliphatic rings. The van der Waals surface area contributed by atoms with Crippen LogP contribution in [0.3, 0.4) is 0 Å². The molecule has 0 aliphatic carbocycles. The van der Waals surface area contributed by atoms with Crippen LogP contribution < -0.4 is 4.87 Å². The Bertz CT molecular complexity index is 806. The van der Waals surface area contributed by atoms with Gasteiger partial charge in [-0.1, -0.05) is 22.9 Å². The Kier molecular flexibility index (Phi) is 5.81. The van der Waals surface area contributed by atoms with Crippen LogP contribution in [-0.2, 0) is 11.3 Å². The highest BCUT2D eigenvalue weighted by Gasteiger charge is 2.23. The van der Waals surface area contributed by atoms with Gasteiger partial charge in [0.2, 0.25) is 5.91 Å². The number of nitrogens with zero attached hydrogens (tertiary/aromatic N) is 3. The highest BCUT2D eigenvalue weighted by atomic mass is 35.5. The van der Waals surface area contributed by atoms with Crippen molar-refractivity contribution in [1.82, 2.24) is 14.4 Å². The van der Waals surface area contributed by atoms with E-state index in [1.807, 2.05) is 11.0 Å². The molecule has 1 aliphatic heterocycles. The number of hydrogen-bond donors (Lipinski definition) is 0. The zero-order chi connectivity index (χ0) is 18.0. The van der Waals surface area contributed by atoms with E-state index in [4.69, 9.17) is 11.6 Å². The molecule has 0 bridgehead atoms. The zero-order valence-corrected chi connectivity index (χ0v) is 16.3. The summed E-state index contributed by atoms with van der Waals surface area (Å²) in [6.45, 7) is 2.76. The quantitative estimate of drug-likeness (QED) is 0.800. The van der Waals surface area contributed by atoms with Crippen LogP contribution in [0.25, 0.3) is 10.2 Å². The van der Waals surface area contributed by atoms with Crippen molar-refractivity contribution >= 4 is 39.1 Å². The summed E-state index contributed by atoms with van der Waals surface area (Å²) in [4.78, 5) is 28.9. The van der Waals surface area contributed by atoms with Crippen LogP contribution in [0, 0.1) is 5.92 Å². The van der Waals surface area contributed by atoms with Gasteiger partial charge in [-0.15, -0.1) is 0 Å². The van der Waals surface area contributed by atoms with E-state index in [-0.39, 0.29) is 17.3 Å². The number of thiazole rings is 1. The van der Waals surface area contributed by atoms with Crippen molar-refractivity contribution in [3.63, 3.8) is 0 Å². The molecule has 5 nitrogen and oxygen atoms in total. The lowest BCUT2D eigenvalue weighted by molar-refractivity contribution is -0.133. The lowest BCUT2D eigenvalue weighted by Crippen LogP contribution is -2.41. The zero-order valence-electron chi connectivity index (χ0n) is 14.7. The van der Waals surface area contributed by atoms with Crippen molar-refractivity contribution in [2.75, 3.05) is 33.7 Å². The predicted octanol–water partition coefficient (Wildman–Crippen LogP) is 2.91. The van der Waals surface area contributed by atoms with Crippen molar-refractivity contribution in [2.45, 2.75) is 25.8 Å². The minimum absolute atomic E-state index is 0.0211. The van der Waals surface area contributed by atoms with Gasteiger partial charge < -0.3 is 9.80 Å². The van der Waals surface area contributed by atoms with Crippen molar-refractivity contribution < 1.29 is 4.79 Å². The molecule has 0 spiro atoms. The molecular formula is C18H24ClN3O2S. The third-order valence-corrected chi connectivity index (χ3v) is 6.07. The highest BCUT2D eigenvalue weighted by Crippen LogP contribution is 2.23. The first-order valence-corrected chi connectivity index (χ1v) is 9.85. The summed E-state index contributed by atoms with van der Waals surface area (Å²) in [6, 6.07) is 5.36. The number of piperidine rings is 1. The van der Waals surface area contributed by atoms with Crippen molar-refractivity contribution in [2.24, 2.45) is 5.92 Å². The molecule has 25 heavy (non-hydrogen) atoms. The van der Waals surface area contributed by atoms with Gasteiger partial charge in [-0.25, -0.2) is 0 Å². The van der Waals surface area contributed by atoms with Crippen molar-refractivity contribution in [3.05, 3.63) is 32.9 Å². The predicted molar refractivity (Wildman–Crippen MR) is 104 cm³/mol. The standard InChI is InChI=1S/C18H24ClN3O2S/c1-20(2)8-5-13-6-9-21(10-7-13)17(23)12-22-15-11-14(19)3-4-16(15)25-18(22)24/h3-4,11,13H,5-10,12H2,1-2H3. The molecule has 1 aromatic carbocycles. The van der Waals surface area contributed by atoms with Gasteiger partial charge in [0.05, 0.1) is 10.2 Å². The van der Waals surface area contributed by atoms with Crippen LogP contribution in [0.15, 0.2) is 23.0 Å². The molecular weight excluding hydrogens is 358 g/mol. The van der Waals surface area contributed by atoms with E-state index < -0.39 is 0 Å². The lowest BCUT2D eigenvalue weighted by Gasteiger charge is -2.32. The molecule has 2 heterocycles. The van der Waals surface area contributed by atoms with E-state index in [1.165, 1.54) is 6.42 Å². The summed E-state index contributed by atoms with van der Waals surface area (Å²) >= 11 is 7.20. The summed E-state index contributed by atoms with van der Waals surface area (Å²) in [7, 11) is 4.18. The smallest absolute Gasteiger partial charge is 0.308 e. The van der Waals surface area contributed by atoms with E-state index >= 15 is 0 Å². The monoisotopic (exact) mass is 381 g/mol. The molecule has 1 amide bonds. The van der Waals surface area contributed by atoms with Gasteiger partial charge in [0.25, 0.3) is 0 Å². The Labute approximate surface area is 156 Å². The van der Waals surface area contributed by atoms with Crippen molar-refractivity contribution in [3.8, 4) is 0 Å². The number of fused-ring (bicyclic) bond motifs is 1. The molecule has 1 saturated heterocycles. The van der Waals surface area contributed by atoms with Crippen LogP contribution >= 0.6 is 22.9 Å². The SMILES string of the molecule is CN(C)CCC1CCN(C(=O)Cn2c(=O)sc3ccc(Cl)cc32)CC1. The Hall–Kier alpha value is -1.37. The van der Waals surface area contributed by atoms with E-state index in [1.54, 1.807) is 16.7 Å². The fourth-order valence-electron chi connectivity index (χ4n) is 3.33. The van der Waals surface area contributed by atoms with E-state index in [0.29, 0.717) is 10.9 Å². The second-order valence-corrected chi connectivity index (χ2v) is 8.41. The normalized spacial score (nSPS) is 16.1. The topological polar surface area (TPSA) is 45.5 Å². The Morgan fingerprint density at radius 1 is 1.32 bits per heavy atom. The number of aromatic nitrogens is 1. The first-order chi connectivity index (χ1) is 11.9. The van der Waals surface area contributed by atoms with Crippen molar-refractivity contribution in [1.29, 1.82) is 0 Å². The van der Waals surface area contributed by atoms with E-state index in [0.717, 1.165) is 54.0 Å². The number of halogens is 1. The number of benzene rings is 1. The van der Waals surface area contributed by atoms with Gasteiger partial charge in [-0.3, -0.25) is 14.2 Å². The Morgan fingerprint density at radius 3 is 2.72 bits per heavy atom. The third kappa shape index (κ3) is 4.43. The second-order valence-electron chi connectivity index (χ2n) is 6.98. The lowest BCUT2D eigenvalue weighted by atomic mass is 9.93. The molecule has 7 heteroatoms. The highest BCUT2D eigenvalue weighted by molar-refractivity contribution is 7.16. The molecule has 1 aromatic heterocycles. The fraction of sp³-hybridized carbons (Fsp3) is 0.556. The average molecular weight is 382 g/mol. The number of likely N-dealkylation sites (tertiary alicyclic amines) is 1. The molecule has 0 radical (unpaired) electrons. The molecule has 0 saturated carbocycles. The van der Waals surface area contributed by atoms with Crippen LogP contribution in [0.1, 0.15) is 19.3 Å². The van der Waals surface area contributed by atoms with Crippen LogP contribution in [0.5, 0.6) is 0 Å². The maximum Gasteiger partial charge on any atom is 0.308 e. The van der Waals surface area contributed by atoms with Crippen LogP contribution in [0.2, 0.25) is 5.02 Å². The van der Waals surface area contributed by atoms with Gasteiger partial charge in [-0.2, -0.15) is 0 Å². The minimum atomic E-state index is -0.105. The minimum Gasteiger partial charge on any atom is -0.341 e.